The Bertz CT molecular complexity index is 1020. The lowest BCUT2D eigenvalue weighted by Crippen LogP contribution is -2.52. The molecule has 7 heteroatoms. The zero-order valence-electron chi connectivity index (χ0n) is 20.2. The van der Waals surface area contributed by atoms with Gasteiger partial charge < -0.3 is 20.5 Å². The Balaban J connectivity index is 1.43. The molecule has 0 aliphatic heterocycles. The van der Waals surface area contributed by atoms with Crippen LogP contribution in [0.4, 0.5) is 4.79 Å². The smallest absolute Gasteiger partial charge is 0.407 e. The van der Waals surface area contributed by atoms with E-state index in [0.29, 0.717) is 12.3 Å². The number of rotatable bonds is 9. The van der Waals surface area contributed by atoms with Gasteiger partial charge in [-0.25, -0.2) is 9.59 Å². The fraction of sp³-hybridized carbons (Fsp3) is 0.464. The minimum absolute atomic E-state index is 0.0738. The summed E-state index contributed by atoms with van der Waals surface area (Å²) in [4.78, 5) is 37.2. The number of nitrogens with one attached hydrogen (secondary N) is 2. The van der Waals surface area contributed by atoms with Gasteiger partial charge in [-0.3, -0.25) is 4.79 Å². The topological polar surface area (TPSA) is 105 Å². The van der Waals surface area contributed by atoms with Gasteiger partial charge in [-0.1, -0.05) is 87.6 Å². The summed E-state index contributed by atoms with van der Waals surface area (Å²) in [5, 5.41) is 14.7. The number of alkyl carbamates (subject to hydrolysis) is 1. The SMILES string of the molecule is CC[C@H](NC(=O)C(CC1CCCCC1)NC(=O)OCC1c2ccccc2-c2ccccc21)C(=O)O. The van der Waals surface area contributed by atoms with Gasteiger partial charge in [0.15, 0.2) is 0 Å². The monoisotopic (exact) mass is 478 g/mol. The number of carbonyl (C=O) groups is 3. The van der Waals surface area contributed by atoms with Crippen molar-refractivity contribution < 1.29 is 24.2 Å². The first-order chi connectivity index (χ1) is 17.0. The molecule has 4 rings (SSSR count). The van der Waals surface area contributed by atoms with E-state index >= 15 is 0 Å². The van der Waals surface area contributed by atoms with E-state index in [1.54, 1.807) is 6.92 Å². The Morgan fingerprint density at radius 2 is 1.51 bits per heavy atom. The zero-order chi connectivity index (χ0) is 24.8. The zero-order valence-corrected chi connectivity index (χ0v) is 20.2. The number of ether oxygens (including phenoxy) is 1. The highest BCUT2D eigenvalue weighted by atomic mass is 16.5. The van der Waals surface area contributed by atoms with Crippen molar-refractivity contribution in [2.45, 2.75) is 69.9 Å². The summed E-state index contributed by atoms with van der Waals surface area (Å²) in [6.07, 6.45) is 5.50. The van der Waals surface area contributed by atoms with Crippen LogP contribution in [0.25, 0.3) is 11.1 Å². The van der Waals surface area contributed by atoms with Crippen molar-refractivity contribution in [1.82, 2.24) is 10.6 Å². The van der Waals surface area contributed by atoms with E-state index in [0.717, 1.165) is 47.9 Å². The molecule has 1 fully saturated rings. The molecule has 1 unspecified atom stereocenters. The van der Waals surface area contributed by atoms with E-state index in [9.17, 15) is 19.5 Å². The lowest BCUT2D eigenvalue weighted by molar-refractivity contribution is -0.142. The highest BCUT2D eigenvalue weighted by Gasteiger charge is 2.31. The summed E-state index contributed by atoms with van der Waals surface area (Å²) in [5.41, 5.74) is 4.52. The van der Waals surface area contributed by atoms with Gasteiger partial charge in [-0.2, -0.15) is 0 Å². The number of hydrogen-bond acceptors (Lipinski definition) is 4. The van der Waals surface area contributed by atoms with Gasteiger partial charge in [0.05, 0.1) is 0 Å². The minimum Gasteiger partial charge on any atom is -0.480 e. The number of amides is 2. The van der Waals surface area contributed by atoms with Gasteiger partial charge in [-0.15, -0.1) is 0 Å². The molecule has 3 N–H and O–H groups in total. The third kappa shape index (κ3) is 5.84. The number of carboxylic acid groups (broad SMARTS) is 1. The van der Waals surface area contributed by atoms with Crippen LogP contribution >= 0.6 is 0 Å². The molecule has 0 saturated heterocycles. The number of benzene rings is 2. The maximum atomic E-state index is 13.0. The Labute approximate surface area is 206 Å². The van der Waals surface area contributed by atoms with E-state index in [1.807, 2.05) is 24.3 Å². The summed E-state index contributed by atoms with van der Waals surface area (Å²) in [7, 11) is 0. The number of carbonyl (C=O) groups excluding carboxylic acids is 2. The predicted octanol–water partition coefficient (Wildman–Crippen LogP) is 4.84. The molecule has 2 aromatic carbocycles. The van der Waals surface area contributed by atoms with Gasteiger partial charge in [0.1, 0.15) is 18.7 Å². The van der Waals surface area contributed by atoms with E-state index < -0.39 is 30.1 Å². The molecule has 0 aromatic heterocycles. The Hall–Kier alpha value is -3.35. The average Bonchev–Trinajstić information content (AvgIpc) is 3.19. The van der Waals surface area contributed by atoms with Crippen molar-refractivity contribution in [3.05, 3.63) is 59.7 Å². The molecule has 2 aromatic rings. The first-order valence-electron chi connectivity index (χ1n) is 12.6. The molecule has 1 saturated carbocycles. The molecule has 0 radical (unpaired) electrons. The molecule has 2 aliphatic carbocycles. The van der Waals surface area contributed by atoms with E-state index in [4.69, 9.17) is 4.74 Å². The third-order valence-electron chi connectivity index (χ3n) is 7.27. The van der Waals surface area contributed by atoms with Crippen molar-refractivity contribution in [3.63, 3.8) is 0 Å². The van der Waals surface area contributed by atoms with Crippen LogP contribution < -0.4 is 10.6 Å². The minimum atomic E-state index is -1.08. The molecule has 0 spiro atoms. The first kappa shape index (κ1) is 24.8. The highest BCUT2D eigenvalue weighted by Crippen LogP contribution is 2.44. The van der Waals surface area contributed by atoms with Crippen LogP contribution in [0.2, 0.25) is 0 Å². The third-order valence-corrected chi connectivity index (χ3v) is 7.27. The second-order valence-corrected chi connectivity index (χ2v) is 9.57. The van der Waals surface area contributed by atoms with Crippen molar-refractivity contribution in [2.24, 2.45) is 5.92 Å². The number of fused-ring (bicyclic) bond motifs is 3. The first-order valence-corrected chi connectivity index (χ1v) is 12.6. The molecule has 0 bridgehead atoms. The maximum Gasteiger partial charge on any atom is 0.407 e. The molecule has 0 heterocycles. The van der Waals surface area contributed by atoms with Gasteiger partial charge in [0.2, 0.25) is 5.91 Å². The Kier molecular flexibility index (Phi) is 8.06. The molecular formula is C28H34N2O5. The lowest BCUT2D eigenvalue weighted by atomic mass is 9.84. The standard InChI is InChI=1S/C28H34N2O5/c1-2-24(27(32)33)29-26(31)25(16-18-10-4-3-5-11-18)30-28(34)35-17-23-21-14-8-6-12-19(21)20-13-7-9-15-22(20)23/h6-9,12-15,18,23-25H,2-5,10-11,16-17H2,1H3,(H,29,31)(H,30,34)(H,32,33)/t24-,25?/m0/s1. The van der Waals surface area contributed by atoms with Crippen molar-refractivity contribution >= 4 is 18.0 Å². The summed E-state index contributed by atoms with van der Waals surface area (Å²) < 4.78 is 5.64. The Morgan fingerprint density at radius 3 is 2.09 bits per heavy atom. The van der Waals surface area contributed by atoms with E-state index in [2.05, 4.69) is 34.9 Å². The van der Waals surface area contributed by atoms with Crippen molar-refractivity contribution in [1.29, 1.82) is 0 Å². The van der Waals surface area contributed by atoms with Crippen LogP contribution in [0.3, 0.4) is 0 Å². The van der Waals surface area contributed by atoms with Crippen LogP contribution in [0.5, 0.6) is 0 Å². The molecule has 2 aliphatic rings. The van der Waals surface area contributed by atoms with Crippen LogP contribution in [0.15, 0.2) is 48.5 Å². The summed E-state index contributed by atoms with van der Waals surface area (Å²) in [5.74, 6) is -1.31. The predicted molar refractivity (Wildman–Crippen MR) is 133 cm³/mol. The quantitative estimate of drug-likeness (QED) is 0.478. The molecule has 2 atom stereocenters. The normalized spacial score (nSPS) is 17.1. The van der Waals surface area contributed by atoms with Crippen molar-refractivity contribution in [3.8, 4) is 11.1 Å². The van der Waals surface area contributed by atoms with Crippen LogP contribution in [-0.2, 0) is 14.3 Å². The van der Waals surface area contributed by atoms with Gasteiger partial charge in [-0.05, 0) is 41.0 Å². The fourth-order valence-corrected chi connectivity index (χ4v) is 5.38. The lowest BCUT2D eigenvalue weighted by Gasteiger charge is -2.27. The number of carboxylic acids is 1. The van der Waals surface area contributed by atoms with Crippen LogP contribution in [-0.4, -0.2) is 41.8 Å². The van der Waals surface area contributed by atoms with Gasteiger partial charge in [0.25, 0.3) is 0 Å². The molecule has 2 amide bonds. The summed E-state index contributed by atoms with van der Waals surface area (Å²) in [6, 6.07) is 14.4. The highest BCUT2D eigenvalue weighted by molar-refractivity contribution is 5.89. The number of aliphatic carboxylic acids is 1. The summed E-state index contributed by atoms with van der Waals surface area (Å²) in [6.45, 7) is 1.86. The maximum absolute atomic E-state index is 13.0. The van der Waals surface area contributed by atoms with Gasteiger partial charge >= 0.3 is 12.1 Å². The molecular weight excluding hydrogens is 444 g/mol. The summed E-state index contributed by atoms with van der Waals surface area (Å²) >= 11 is 0. The largest absolute Gasteiger partial charge is 0.480 e. The molecule has 35 heavy (non-hydrogen) atoms. The fourth-order valence-electron chi connectivity index (χ4n) is 5.38. The second-order valence-electron chi connectivity index (χ2n) is 9.57. The van der Waals surface area contributed by atoms with Gasteiger partial charge in [0, 0.05) is 5.92 Å². The van der Waals surface area contributed by atoms with Crippen LogP contribution in [0.1, 0.15) is 68.9 Å². The number of hydrogen-bond donors (Lipinski definition) is 3. The van der Waals surface area contributed by atoms with E-state index in [1.165, 1.54) is 6.42 Å². The van der Waals surface area contributed by atoms with E-state index in [-0.39, 0.29) is 18.9 Å². The molecule has 7 nitrogen and oxygen atoms in total. The Morgan fingerprint density at radius 1 is 0.914 bits per heavy atom. The van der Waals surface area contributed by atoms with Crippen LogP contribution in [0, 0.1) is 5.92 Å². The van der Waals surface area contributed by atoms with Crippen molar-refractivity contribution in [2.75, 3.05) is 6.61 Å². The molecule has 186 valence electrons. The second kappa shape index (κ2) is 11.4. The average molecular weight is 479 g/mol.